The average Bonchev–Trinajstić information content (AvgIpc) is 3.58. The first-order valence-electron chi connectivity index (χ1n) is 13.6. The van der Waals surface area contributed by atoms with Gasteiger partial charge in [0, 0.05) is 23.8 Å². The predicted octanol–water partition coefficient (Wildman–Crippen LogP) is 5.63. The quantitative estimate of drug-likeness (QED) is 0.245. The van der Waals surface area contributed by atoms with Crippen LogP contribution in [0.4, 0.5) is 24.5 Å². The first kappa shape index (κ1) is 30.2. The van der Waals surface area contributed by atoms with E-state index < -0.39 is 40.4 Å². The lowest BCUT2D eigenvalue weighted by Crippen LogP contribution is -2.39. The lowest BCUT2D eigenvalue weighted by Gasteiger charge is -2.26. The number of anilines is 2. The molecule has 5 rings (SSSR count). The van der Waals surface area contributed by atoms with E-state index in [0.717, 1.165) is 34.4 Å². The number of nitrogens with one attached hydrogen (secondary N) is 1. The summed E-state index contributed by atoms with van der Waals surface area (Å²) in [6.45, 7) is 3.31. The van der Waals surface area contributed by atoms with Crippen LogP contribution in [0.2, 0.25) is 0 Å². The fourth-order valence-corrected chi connectivity index (χ4v) is 6.27. The molecule has 1 N–H and O–H groups in total. The van der Waals surface area contributed by atoms with Crippen molar-refractivity contribution >= 4 is 27.1 Å². The highest BCUT2D eigenvalue weighted by atomic mass is 32.2. The predicted molar refractivity (Wildman–Crippen MR) is 155 cm³/mol. The molecule has 0 aliphatic heterocycles. The molecule has 9 nitrogen and oxygen atoms in total. The van der Waals surface area contributed by atoms with Crippen molar-refractivity contribution in [2.75, 3.05) is 29.1 Å². The largest absolute Gasteiger partial charge is 0.405 e. The number of nitrogens with zero attached hydrogens (tertiary/aromatic N) is 4. The van der Waals surface area contributed by atoms with Crippen LogP contribution < -0.4 is 10.2 Å². The summed E-state index contributed by atoms with van der Waals surface area (Å²) < 4.78 is 70.0. The minimum atomic E-state index is -4.59. The van der Waals surface area contributed by atoms with Crippen LogP contribution in [0.3, 0.4) is 0 Å². The van der Waals surface area contributed by atoms with E-state index in [-0.39, 0.29) is 16.3 Å². The highest BCUT2D eigenvalue weighted by Crippen LogP contribution is 2.54. The molecule has 226 valence electrons. The van der Waals surface area contributed by atoms with Crippen LogP contribution >= 0.6 is 0 Å². The number of halogens is 3. The summed E-state index contributed by atoms with van der Waals surface area (Å²) in [7, 11) is -3.52. The normalized spacial score (nSPS) is 14.4. The molecular formula is C30H30F3N5O4S. The van der Waals surface area contributed by atoms with E-state index in [2.05, 4.69) is 20.4 Å². The molecule has 1 aliphatic rings. The summed E-state index contributed by atoms with van der Waals surface area (Å²) in [5.41, 5.74) is 3.57. The Morgan fingerprint density at radius 3 is 2.33 bits per heavy atom. The third kappa shape index (κ3) is 6.56. The smallest absolute Gasteiger partial charge is 0.353 e. The van der Waals surface area contributed by atoms with Gasteiger partial charge >= 0.3 is 6.18 Å². The van der Waals surface area contributed by atoms with Gasteiger partial charge in [-0.1, -0.05) is 12.1 Å². The SMILES string of the molecule is CCS(=O)(=O)c1ccc(N(CC(=O)Nc2cc(C)c(C3(c4noc(-c5cccnc5)n4)CC3)c(C)c2)CC(F)(F)F)cc1. The fourth-order valence-electron chi connectivity index (χ4n) is 5.39. The van der Waals surface area contributed by atoms with Gasteiger partial charge in [0.1, 0.15) is 6.54 Å². The standard InChI is InChI=1S/C30H30F3N5O4S/c1-4-43(40,41)24-9-7-23(8-10-24)38(18-30(31,32)33)17-25(39)35-22-14-19(2)26(20(3)15-22)29(11-12-29)28-36-27(42-37-28)21-6-5-13-34-16-21/h5-10,13-16H,4,11-12,17-18H2,1-3H3,(H,35,39). The average molecular weight is 614 g/mol. The van der Waals surface area contributed by atoms with E-state index in [1.54, 1.807) is 30.6 Å². The van der Waals surface area contributed by atoms with E-state index in [0.29, 0.717) is 23.0 Å². The molecule has 0 saturated heterocycles. The van der Waals surface area contributed by atoms with Crippen molar-refractivity contribution < 1.29 is 30.9 Å². The Hall–Kier alpha value is -4.26. The van der Waals surface area contributed by atoms with Gasteiger partial charge in [0.2, 0.25) is 5.91 Å². The van der Waals surface area contributed by atoms with Gasteiger partial charge in [-0.15, -0.1) is 0 Å². The van der Waals surface area contributed by atoms with Crippen LogP contribution in [0.15, 0.2) is 70.3 Å². The van der Waals surface area contributed by atoms with Crippen LogP contribution in [0.5, 0.6) is 0 Å². The van der Waals surface area contributed by atoms with Crippen molar-refractivity contribution in [3.8, 4) is 11.5 Å². The van der Waals surface area contributed by atoms with Gasteiger partial charge in [-0.3, -0.25) is 9.78 Å². The van der Waals surface area contributed by atoms with Gasteiger partial charge in [0.15, 0.2) is 15.7 Å². The number of carbonyl (C=O) groups excluding carboxylic acids is 1. The zero-order chi connectivity index (χ0) is 31.0. The Kier molecular flexibility index (Phi) is 8.03. The molecule has 1 amide bonds. The first-order valence-corrected chi connectivity index (χ1v) is 15.3. The Labute approximate surface area is 247 Å². The maximum atomic E-state index is 13.4. The Morgan fingerprint density at radius 2 is 1.77 bits per heavy atom. The van der Waals surface area contributed by atoms with E-state index >= 15 is 0 Å². The Morgan fingerprint density at radius 1 is 1.09 bits per heavy atom. The van der Waals surface area contributed by atoms with Gasteiger partial charge in [-0.2, -0.15) is 18.2 Å². The molecule has 4 aromatic rings. The van der Waals surface area contributed by atoms with Crippen LogP contribution in [0.1, 0.15) is 42.3 Å². The van der Waals surface area contributed by atoms with Crippen LogP contribution in [0.25, 0.3) is 11.5 Å². The number of amides is 1. The minimum absolute atomic E-state index is 0.00347. The molecule has 1 aliphatic carbocycles. The number of aromatic nitrogens is 3. The summed E-state index contributed by atoms with van der Waals surface area (Å²) >= 11 is 0. The topological polar surface area (TPSA) is 118 Å². The zero-order valence-electron chi connectivity index (χ0n) is 23.8. The first-order chi connectivity index (χ1) is 20.3. The Bertz CT molecular complexity index is 1710. The molecule has 0 radical (unpaired) electrons. The lowest BCUT2D eigenvalue weighted by atomic mass is 9.87. The highest BCUT2D eigenvalue weighted by molar-refractivity contribution is 7.91. The molecule has 2 aromatic carbocycles. The molecule has 2 heterocycles. The number of pyridine rings is 1. The van der Waals surface area contributed by atoms with E-state index in [9.17, 15) is 26.4 Å². The summed E-state index contributed by atoms with van der Waals surface area (Å²) in [5, 5.41) is 6.97. The second-order valence-electron chi connectivity index (χ2n) is 10.6. The van der Waals surface area contributed by atoms with Crippen molar-refractivity contribution in [1.82, 2.24) is 15.1 Å². The second kappa shape index (κ2) is 11.4. The maximum Gasteiger partial charge on any atom is 0.405 e. The number of benzene rings is 2. The van der Waals surface area contributed by atoms with Crippen molar-refractivity contribution in [2.24, 2.45) is 0 Å². The summed E-state index contributed by atoms with van der Waals surface area (Å²) in [6, 6.07) is 12.2. The minimum Gasteiger partial charge on any atom is -0.353 e. The summed E-state index contributed by atoms with van der Waals surface area (Å²) in [6.07, 6.45) is 0.345. The maximum absolute atomic E-state index is 13.4. The van der Waals surface area contributed by atoms with Crippen LogP contribution in [-0.2, 0) is 20.0 Å². The van der Waals surface area contributed by atoms with Gasteiger partial charge in [-0.25, -0.2) is 8.42 Å². The highest BCUT2D eigenvalue weighted by Gasteiger charge is 2.51. The molecular weight excluding hydrogens is 583 g/mol. The van der Waals surface area contributed by atoms with Crippen LogP contribution in [-0.4, -0.2) is 54.5 Å². The van der Waals surface area contributed by atoms with E-state index in [1.807, 2.05) is 19.9 Å². The zero-order valence-corrected chi connectivity index (χ0v) is 24.6. The molecule has 1 fully saturated rings. The lowest BCUT2D eigenvalue weighted by molar-refractivity contribution is -0.122. The number of sulfone groups is 1. The molecule has 0 atom stereocenters. The number of hydrogen-bond donors (Lipinski definition) is 1. The van der Waals surface area contributed by atoms with E-state index in [1.165, 1.54) is 31.2 Å². The van der Waals surface area contributed by atoms with Gasteiger partial charge in [-0.05, 0) is 91.9 Å². The van der Waals surface area contributed by atoms with Gasteiger partial charge in [0.05, 0.1) is 28.2 Å². The van der Waals surface area contributed by atoms with Crippen molar-refractivity contribution in [3.63, 3.8) is 0 Å². The van der Waals surface area contributed by atoms with Crippen LogP contribution in [0, 0.1) is 13.8 Å². The molecule has 0 unspecified atom stereocenters. The number of alkyl halides is 3. The summed E-state index contributed by atoms with van der Waals surface area (Å²) in [5.74, 6) is 0.149. The third-order valence-corrected chi connectivity index (χ3v) is 9.20. The number of carbonyl (C=O) groups is 1. The number of aryl methyl sites for hydroxylation is 2. The molecule has 0 bridgehead atoms. The summed E-state index contributed by atoms with van der Waals surface area (Å²) in [4.78, 5) is 22.6. The van der Waals surface area contributed by atoms with Gasteiger partial charge in [0.25, 0.3) is 5.89 Å². The monoisotopic (exact) mass is 613 g/mol. The van der Waals surface area contributed by atoms with Crippen molar-refractivity contribution in [1.29, 1.82) is 0 Å². The van der Waals surface area contributed by atoms with E-state index in [4.69, 9.17) is 4.52 Å². The third-order valence-electron chi connectivity index (χ3n) is 7.45. The molecule has 43 heavy (non-hydrogen) atoms. The van der Waals surface area contributed by atoms with Gasteiger partial charge < -0.3 is 14.7 Å². The molecule has 0 spiro atoms. The Balaban J connectivity index is 1.34. The molecule has 1 saturated carbocycles. The second-order valence-corrected chi connectivity index (χ2v) is 12.9. The van der Waals surface area contributed by atoms with Crippen molar-refractivity contribution in [3.05, 3.63) is 83.4 Å². The number of hydrogen-bond acceptors (Lipinski definition) is 8. The van der Waals surface area contributed by atoms with Crippen molar-refractivity contribution in [2.45, 2.75) is 50.1 Å². The molecule has 2 aromatic heterocycles. The number of rotatable bonds is 10. The molecule has 13 heteroatoms. The fraction of sp³-hybridized carbons (Fsp3) is 0.333.